The zero-order chi connectivity index (χ0) is 14.4. The molecule has 1 N–H and O–H groups in total. The van der Waals surface area contributed by atoms with E-state index < -0.39 is 0 Å². The molecule has 0 unspecified atom stereocenters. The van der Waals surface area contributed by atoms with Crippen molar-refractivity contribution in [1.29, 1.82) is 0 Å². The topological polar surface area (TPSA) is 68.3 Å². The van der Waals surface area contributed by atoms with Gasteiger partial charge in [-0.3, -0.25) is 14.6 Å². The molecule has 1 aromatic carbocycles. The van der Waals surface area contributed by atoms with Gasteiger partial charge in [-0.2, -0.15) is 0 Å². The van der Waals surface area contributed by atoms with E-state index in [2.05, 4.69) is 15.0 Å². The second-order valence-corrected chi connectivity index (χ2v) is 4.15. The van der Waals surface area contributed by atoms with E-state index >= 15 is 0 Å². The van der Waals surface area contributed by atoms with Crippen molar-refractivity contribution in [1.82, 2.24) is 4.98 Å². The van der Waals surface area contributed by atoms with Crippen molar-refractivity contribution in [3.63, 3.8) is 0 Å². The van der Waals surface area contributed by atoms with Crippen molar-refractivity contribution in [3.05, 3.63) is 59.9 Å². The van der Waals surface area contributed by atoms with E-state index in [1.165, 1.54) is 13.3 Å². The van der Waals surface area contributed by atoms with Crippen LogP contribution in [0.5, 0.6) is 0 Å². The number of nitrogens with zero attached hydrogens (tertiary/aromatic N) is 1. The lowest BCUT2D eigenvalue weighted by Crippen LogP contribution is -2.12. The van der Waals surface area contributed by atoms with Gasteiger partial charge in [-0.15, -0.1) is 0 Å². The highest BCUT2D eigenvalue weighted by Crippen LogP contribution is 2.12. The first-order chi connectivity index (χ1) is 9.69. The summed E-state index contributed by atoms with van der Waals surface area (Å²) in [6.45, 7) is 0. The highest BCUT2D eigenvalue weighted by atomic mass is 16.5. The lowest BCUT2D eigenvalue weighted by atomic mass is 10.1. The maximum Gasteiger partial charge on any atom is 0.309 e. The minimum atomic E-state index is -0.294. The molecular weight excluding hydrogens is 256 g/mol. The maximum absolute atomic E-state index is 11.9. The van der Waals surface area contributed by atoms with Gasteiger partial charge in [0.2, 0.25) is 0 Å². The molecule has 1 aromatic heterocycles. The summed E-state index contributed by atoms with van der Waals surface area (Å²) in [6, 6.07) is 10.4. The van der Waals surface area contributed by atoms with Gasteiger partial charge in [0.1, 0.15) is 0 Å². The molecule has 0 saturated carbocycles. The number of aromatic nitrogens is 1. The molecule has 5 heteroatoms. The number of anilines is 1. The monoisotopic (exact) mass is 270 g/mol. The van der Waals surface area contributed by atoms with Crippen molar-refractivity contribution in [2.24, 2.45) is 0 Å². The Bertz CT molecular complexity index is 594. The first-order valence-electron chi connectivity index (χ1n) is 6.06. The predicted octanol–water partition coefficient (Wildman–Crippen LogP) is 2.05. The number of esters is 1. The molecule has 0 fully saturated rings. The summed E-state index contributed by atoms with van der Waals surface area (Å²) in [7, 11) is 1.35. The van der Waals surface area contributed by atoms with Gasteiger partial charge in [0.15, 0.2) is 0 Å². The van der Waals surface area contributed by atoms with Gasteiger partial charge in [0.25, 0.3) is 5.91 Å². The average molecular weight is 270 g/mol. The van der Waals surface area contributed by atoms with Crippen LogP contribution >= 0.6 is 0 Å². The van der Waals surface area contributed by atoms with Gasteiger partial charge in [-0.05, 0) is 29.8 Å². The highest BCUT2D eigenvalue weighted by Gasteiger charge is 2.06. The van der Waals surface area contributed by atoms with E-state index in [9.17, 15) is 9.59 Å². The molecule has 1 amide bonds. The molecule has 5 nitrogen and oxygen atoms in total. The van der Waals surface area contributed by atoms with Crippen LogP contribution in [0.15, 0.2) is 48.8 Å². The van der Waals surface area contributed by atoms with E-state index in [0.717, 1.165) is 5.56 Å². The first kappa shape index (κ1) is 13.7. The average Bonchev–Trinajstić information content (AvgIpc) is 2.50. The second-order valence-electron chi connectivity index (χ2n) is 4.15. The van der Waals surface area contributed by atoms with Crippen molar-refractivity contribution < 1.29 is 14.3 Å². The summed E-state index contributed by atoms with van der Waals surface area (Å²) in [5.74, 6) is -0.518. The number of methoxy groups -OCH3 is 1. The molecule has 2 rings (SSSR count). The van der Waals surface area contributed by atoms with Gasteiger partial charge in [0, 0.05) is 18.1 Å². The molecule has 0 aliphatic carbocycles. The fourth-order valence-corrected chi connectivity index (χ4v) is 1.65. The molecule has 0 aliphatic rings. The number of hydrogen-bond acceptors (Lipinski definition) is 4. The minimum Gasteiger partial charge on any atom is -0.469 e. The molecule has 20 heavy (non-hydrogen) atoms. The van der Waals surface area contributed by atoms with Gasteiger partial charge < -0.3 is 10.1 Å². The standard InChI is InChI=1S/C15H14N2O3/c1-20-14(18)9-11-4-6-13(7-5-11)17-15(19)12-3-2-8-16-10-12/h2-8,10H,9H2,1H3,(H,17,19). The van der Waals surface area contributed by atoms with E-state index in [0.29, 0.717) is 11.3 Å². The van der Waals surface area contributed by atoms with Gasteiger partial charge in [-0.1, -0.05) is 12.1 Å². The van der Waals surface area contributed by atoms with Crippen molar-refractivity contribution in [2.45, 2.75) is 6.42 Å². The van der Waals surface area contributed by atoms with Crippen molar-refractivity contribution >= 4 is 17.6 Å². The summed E-state index contributed by atoms with van der Waals surface area (Å²) in [5.41, 5.74) is 1.98. The summed E-state index contributed by atoms with van der Waals surface area (Å²) >= 11 is 0. The fraction of sp³-hybridized carbons (Fsp3) is 0.133. The van der Waals surface area contributed by atoms with Crippen LogP contribution in [0, 0.1) is 0 Å². The lowest BCUT2D eigenvalue weighted by molar-refractivity contribution is -0.139. The molecule has 0 aliphatic heterocycles. The van der Waals surface area contributed by atoms with Crippen LogP contribution in [0.25, 0.3) is 0 Å². The third-order valence-electron chi connectivity index (χ3n) is 2.71. The number of hydrogen-bond donors (Lipinski definition) is 1. The number of amides is 1. The third-order valence-corrected chi connectivity index (χ3v) is 2.71. The SMILES string of the molecule is COC(=O)Cc1ccc(NC(=O)c2cccnc2)cc1. The van der Waals surface area contributed by atoms with Crippen LogP contribution in [-0.2, 0) is 16.0 Å². The Balaban J connectivity index is 2.00. The summed E-state index contributed by atoms with van der Waals surface area (Å²) in [4.78, 5) is 26.9. The molecular formula is C15H14N2O3. The van der Waals surface area contributed by atoms with Crippen molar-refractivity contribution in [3.8, 4) is 0 Å². The maximum atomic E-state index is 11.9. The lowest BCUT2D eigenvalue weighted by Gasteiger charge is -2.06. The number of ether oxygens (including phenoxy) is 1. The third kappa shape index (κ3) is 3.65. The van der Waals surface area contributed by atoms with Crippen molar-refractivity contribution in [2.75, 3.05) is 12.4 Å². The van der Waals surface area contributed by atoms with E-state index in [1.807, 2.05) is 0 Å². The molecule has 0 bridgehead atoms. The molecule has 0 radical (unpaired) electrons. The van der Waals surface area contributed by atoms with Crippen LogP contribution in [0.3, 0.4) is 0 Å². The Morgan fingerprint density at radius 3 is 2.55 bits per heavy atom. The number of nitrogens with one attached hydrogen (secondary N) is 1. The highest BCUT2D eigenvalue weighted by molar-refractivity contribution is 6.04. The molecule has 1 heterocycles. The molecule has 0 atom stereocenters. The summed E-state index contributed by atoms with van der Waals surface area (Å²) in [5, 5.41) is 2.76. The Morgan fingerprint density at radius 2 is 1.95 bits per heavy atom. The van der Waals surface area contributed by atoms with Crippen LogP contribution in [0.2, 0.25) is 0 Å². The van der Waals surface area contributed by atoms with Gasteiger partial charge >= 0.3 is 5.97 Å². The Hall–Kier alpha value is -2.69. The fourth-order valence-electron chi connectivity index (χ4n) is 1.65. The largest absolute Gasteiger partial charge is 0.469 e. The van der Waals surface area contributed by atoms with Crippen LogP contribution in [0.4, 0.5) is 5.69 Å². The summed E-state index contributed by atoms with van der Waals surface area (Å²) < 4.78 is 4.59. The van der Waals surface area contributed by atoms with E-state index in [4.69, 9.17) is 0 Å². The normalized spacial score (nSPS) is 9.85. The van der Waals surface area contributed by atoms with E-state index in [-0.39, 0.29) is 18.3 Å². The van der Waals surface area contributed by atoms with Crippen LogP contribution in [-0.4, -0.2) is 24.0 Å². The summed E-state index contributed by atoms with van der Waals surface area (Å²) in [6.07, 6.45) is 3.33. The molecule has 0 saturated heterocycles. The number of benzene rings is 1. The zero-order valence-corrected chi connectivity index (χ0v) is 11.0. The number of carbonyl (C=O) groups excluding carboxylic acids is 2. The Labute approximate surface area is 116 Å². The molecule has 102 valence electrons. The van der Waals surface area contributed by atoms with Gasteiger partial charge in [-0.25, -0.2) is 0 Å². The van der Waals surface area contributed by atoms with Crippen LogP contribution < -0.4 is 5.32 Å². The first-order valence-corrected chi connectivity index (χ1v) is 6.06. The zero-order valence-electron chi connectivity index (χ0n) is 11.0. The number of pyridine rings is 1. The number of rotatable bonds is 4. The quantitative estimate of drug-likeness (QED) is 0.863. The second kappa shape index (κ2) is 6.47. The molecule has 0 spiro atoms. The number of carbonyl (C=O) groups is 2. The van der Waals surface area contributed by atoms with Crippen LogP contribution in [0.1, 0.15) is 15.9 Å². The van der Waals surface area contributed by atoms with Gasteiger partial charge in [0.05, 0.1) is 19.1 Å². The van der Waals surface area contributed by atoms with E-state index in [1.54, 1.807) is 42.6 Å². The smallest absolute Gasteiger partial charge is 0.309 e. The molecule has 2 aromatic rings. The Morgan fingerprint density at radius 1 is 1.20 bits per heavy atom. The predicted molar refractivity (Wildman–Crippen MR) is 74.4 cm³/mol. The minimum absolute atomic E-state index is 0.216. The Kier molecular flexibility index (Phi) is 4.44.